The van der Waals surface area contributed by atoms with Gasteiger partial charge in [-0.2, -0.15) is 0 Å². The van der Waals surface area contributed by atoms with E-state index in [0.29, 0.717) is 0 Å². The molecular weight excluding hydrogens is 216 g/mol. The van der Waals surface area contributed by atoms with Crippen LogP contribution in [0, 0.1) is 0 Å². The first-order valence-electron chi connectivity index (χ1n) is 5.77. The summed E-state index contributed by atoms with van der Waals surface area (Å²) in [7, 11) is 4.17. The minimum atomic E-state index is 1.11. The van der Waals surface area contributed by atoms with Gasteiger partial charge in [-0.3, -0.25) is 0 Å². The molecule has 0 atom stereocenters. The quantitative estimate of drug-likeness (QED) is 0.581. The number of hydrogen-bond donors (Lipinski definition) is 1. The maximum atomic E-state index is 3.17. The number of nitrogens with one attached hydrogen (secondary N) is 1. The largest absolute Gasteiger partial charge is 0.375 e. The first-order valence-corrected chi connectivity index (χ1v) is 7.00. The van der Waals surface area contributed by atoms with Gasteiger partial charge in [0.25, 0.3) is 0 Å². The molecule has 0 radical (unpaired) electrons. The second kappa shape index (κ2) is 7.58. The van der Waals surface area contributed by atoms with E-state index in [1.807, 2.05) is 7.05 Å². The molecule has 0 bridgehead atoms. The number of thioether (sulfide) groups is 1. The molecule has 90 valence electrons. The van der Waals surface area contributed by atoms with Gasteiger partial charge in [-0.25, -0.2) is 0 Å². The zero-order chi connectivity index (χ0) is 11.8. The Bertz CT molecular complexity index is 284. The lowest BCUT2D eigenvalue weighted by Crippen LogP contribution is -2.19. The Hall–Kier alpha value is -0.670. The van der Waals surface area contributed by atoms with Gasteiger partial charge in [-0.15, -0.1) is 11.8 Å². The van der Waals surface area contributed by atoms with Crippen LogP contribution in [0.4, 0.5) is 5.69 Å². The van der Waals surface area contributed by atoms with Gasteiger partial charge in [0, 0.05) is 24.2 Å². The van der Waals surface area contributed by atoms with Crippen molar-refractivity contribution in [2.75, 3.05) is 38.3 Å². The Morgan fingerprint density at radius 1 is 1.19 bits per heavy atom. The van der Waals surface area contributed by atoms with E-state index in [2.05, 4.69) is 47.8 Å². The maximum Gasteiger partial charge on any atom is 0.0364 e. The molecule has 0 heterocycles. The molecule has 0 saturated heterocycles. The zero-order valence-corrected chi connectivity index (χ0v) is 11.3. The highest BCUT2D eigenvalue weighted by Gasteiger charge is 2.00. The summed E-state index contributed by atoms with van der Waals surface area (Å²) in [5, 5.41) is 3.17. The number of nitrogens with zero attached hydrogens (tertiary/aromatic N) is 1. The first-order chi connectivity index (χ1) is 7.77. The molecular formula is C13H22N2S. The normalized spacial score (nSPS) is 10.4. The van der Waals surface area contributed by atoms with E-state index in [1.165, 1.54) is 23.4 Å². The molecule has 0 amide bonds. The van der Waals surface area contributed by atoms with E-state index < -0.39 is 0 Å². The summed E-state index contributed by atoms with van der Waals surface area (Å²) in [6.07, 6.45) is 4.59. The minimum absolute atomic E-state index is 1.11. The summed E-state index contributed by atoms with van der Waals surface area (Å²) in [5.74, 6) is 0. The van der Waals surface area contributed by atoms with Gasteiger partial charge >= 0.3 is 0 Å². The van der Waals surface area contributed by atoms with Crippen LogP contribution in [-0.2, 0) is 0 Å². The summed E-state index contributed by atoms with van der Waals surface area (Å²) >= 11 is 1.79. The van der Waals surface area contributed by atoms with E-state index >= 15 is 0 Å². The highest BCUT2D eigenvalue weighted by Crippen LogP contribution is 2.19. The van der Waals surface area contributed by atoms with Crippen LogP contribution in [0.2, 0.25) is 0 Å². The van der Waals surface area contributed by atoms with Crippen LogP contribution < -0.4 is 10.2 Å². The summed E-state index contributed by atoms with van der Waals surface area (Å²) < 4.78 is 0. The number of unbranched alkanes of at least 4 members (excludes halogenated alkanes) is 1. The van der Waals surface area contributed by atoms with Crippen LogP contribution >= 0.6 is 11.8 Å². The Kier molecular flexibility index (Phi) is 6.34. The van der Waals surface area contributed by atoms with Crippen molar-refractivity contribution in [3.8, 4) is 0 Å². The maximum absolute atomic E-state index is 3.17. The van der Waals surface area contributed by atoms with Crippen molar-refractivity contribution in [2.24, 2.45) is 0 Å². The van der Waals surface area contributed by atoms with Crippen molar-refractivity contribution in [2.45, 2.75) is 17.7 Å². The molecule has 1 aromatic carbocycles. The third-order valence-corrected chi connectivity index (χ3v) is 3.43. The van der Waals surface area contributed by atoms with Crippen molar-refractivity contribution in [1.29, 1.82) is 0 Å². The lowest BCUT2D eigenvalue weighted by Gasteiger charge is -2.19. The van der Waals surface area contributed by atoms with E-state index in [0.717, 1.165) is 13.1 Å². The molecule has 0 unspecified atom stereocenters. The average molecular weight is 238 g/mol. The highest BCUT2D eigenvalue weighted by atomic mass is 32.2. The summed E-state index contributed by atoms with van der Waals surface area (Å²) in [6.45, 7) is 2.24. The smallest absolute Gasteiger partial charge is 0.0364 e. The third kappa shape index (κ3) is 4.45. The Balaban J connectivity index is 2.37. The summed E-state index contributed by atoms with van der Waals surface area (Å²) in [5.41, 5.74) is 1.31. The van der Waals surface area contributed by atoms with Gasteiger partial charge in [-0.1, -0.05) is 0 Å². The molecule has 1 N–H and O–H groups in total. The van der Waals surface area contributed by atoms with Gasteiger partial charge in [0.15, 0.2) is 0 Å². The lowest BCUT2D eigenvalue weighted by atomic mass is 10.2. The molecule has 0 fully saturated rings. The van der Waals surface area contributed by atoms with Crippen LogP contribution in [0.5, 0.6) is 0 Å². The molecule has 0 aliphatic carbocycles. The number of anilines is 1. The van der Waals surface area contributed by atoms with Crippen molar-refractivity contribution >= 4 is 17.4 Å². The minimum Gasteiger partial charge on any atom is -0.375 e. The molecule has 0 aliphatic heterocycles. The predicted molar refractivity (Wildman–Crippen MR) is 74.7 cm³/mol. The van der Waals surface area contributed by atoms with Crippen LogP contribution in [0.3, 0.4) is 0 Å². The molecule has 2 nitrogen and oxygen atoms in total. The van der Waals surface area contributed by atoms with E-state index in [1.54, 1.807) is 11.8 Å². The highest BCUT2D eigenvalue weighted by molar-refractivity contribution is 7.98. The average Bonchev–Trinajstić information content (AvgIpc) is 2.34. The second-order valence-electron chi connectivity index (χ2n) is 3.93. The summed E-state index contributed by atoms with van der Waals surface area (Å²) in [6, 6.07) is 8.77. The van der Waals surface area contributed by atoms with Crippen molar-refractivity contribution < 1.29 is 0 Å². The molecule has 1 aromatic rings. The van der Waals surface area contributed by atoms with Gasteiger partial charge in [0.2, 0.25) is 0 Å². The van der Waals surface area contributed by atoms with Crippen LogP contribution in [0.25, 0.3) is 0 Å². The zero-order valence-electron chi connectivity index (χ0n) is 10.5. The van der Waals surface area contributed by atoms with Crippen molar-refractivity contribution in [1.82, 2.24) is 5.32 Å². The fourth-order valence-corrected chi connectivity index (χ4v) is 2.02. The van der Waals surface area contributed by atoms with Gasteiger partial charge in [0.1, 0.15) is 0 Å². The van der Waals surface area contributed by atoms with Crippen LogP contribution in [0.15, 0.2) is 29.2 Å². The second-order valence-corrected chi connectivity index (χ2v) is 4.81. The number of hydrogen-bond acceptors (Lipinski definition) is 3. The molecule has 0 saturated carbocycles. The molecule has 0 spiro atoms. The molecule has 16 heavy (non-hydrogen) atoms. The van der Waals surface area contributed by atoms with Crippen molar-refractivity contribution in [3.05, 3.63) is 24.3 Å². The third-order valence-electron chi connectivity index (χ3n) is 2.68. The SMILES string of the molecule is CNCCCCN(C)c1ccc(SC)cc1. The Morgan fingerprint density at radius 2 is 1.88 bits per heavy atom. The van der Waals surface area contributed by atoms with E-state index in [4.69, 9.17) is 0 Å². The number of rotatable bonds is 7. The first kappa shape index (κ1) is 13.4. The molecule has 0 aliphatic rings. The molecule has 0 aromatic heterocycles. The van der Waals surface area contributed by atoms with Gasteiger partial charge in [-0.05, 0) is 57.0 Å². The van der Waals surface area contributed by atoms with Crippen molar-refractivity contribution in [3.63, 3.8) is 0 Å². The Labute approximate surface area is 103 Å². The lowest BCUT2D eigenvalue weighted by molar-refractivity contribution is 0.671. The summed E-state index contributed by atoms with van der Waals surface area (Å²) in [4.78, 5) is 3.65. The predicted octanol–water partition coefficient (Wildman–Crippen LogP) is 2.84. The number of benzene rings is 1. The van der Waals surface area contributed by atoms with E-state index in [9.17, 15) is 0 Å². The van der Waals surface area contributed by atoms with Gasteiger partial charge < -0.3 is 10.2 Å². The van der Waals surface area contributed by atoms with Gasteiger partial charge in [0.05, 0.1) is 0 Å². The fraction of sp³-hybridized carbons (Fsp3) is 0.538. The molecule has 1 rings (SSSR count). The Morgan fingerprint density at radius 3 is 2.44 bits per heavy atom. The topological polar surface area (TPSA) is 15.3 Å². The standard InChI is InChI=1S/C13H22N2S/c1-14-10-4-5-11-15(2)12-6-8-13(16-3)9-7-12/h6-9,14H,4-5,10-11H2,1-3H3. The van der Waals surface area contributed by atoms with E-state index in [-0.39, 0.29) is 0 Å². The van der Waals surface area contributed by atoms with Crippen LogP contribution in [0.1, 0.15) is 12.8 Å². The fourth-order valence-electron chi connectivity index (χ4n) is 1.62. The van der Waals surface area contributed by atoms with Crippen LogP contribution in [-0.4, -0.2) is 33.4 Å². The molecule has 3 heteroatoms. The monoisotopic (exact) mass is 238 g/mol.